The number of aromatic nitrogens is 4. The van der Waals surface area contributed by atoms with E-state index in [0.29, 0.717) is 28.3 Å². The summed E-state index contributed by atoms with van der Waals surface area (Å²) in [6.07, 6.45) is 0.500. The maximum Gasteiger partial charge on any atom is 0.239 e. The average molecular weight is 368 g/mol. The Hall–Kier alpha value is -3.16. The number of alkyl halides is 2. The van der Waals surface area contributed by atoms with E-state index in [4.69, 9.17) is 10.7 Å². The van der Waals surface area contributed by atoms with Gasteiger partial charge >= 0.3 is 0 Å². The van der Waals surface area contributed by atoms with Crippen LogP contribution < -0.4 is 5.73 Å². The van der Waals surface area contributed by atoms with Gasteiger partial charge in [-0.1, -0.05) is 6.58 Å². The molecule has 8 heteroatoms. The summed E-state index contributed by atoms with van der Waals surface area (Å²) in [6.45, 7) is 7.33. The SMILES string of the molecule is C=Cc1cc(-c2ccc3c(n2)C(C)(CC(F)F)C(C)=N3)c2cnc(N)nn12. The minimum atomic E-state index is -2.45. The first-order valence-electron chi connectivity index (χ1n) is 8.46. The molecule has 27 heavy (non-hydrogen) atoms. The second-order valence-corrected chi connectivity index (χ2v) is 6.79. The molecule has 0 spiro atoms. The summed E-state index contributed by atoms with van der Waals surface area (Å²) >= 11 is 0. The number of pyridine rings is 1. The van der Waals surface area contributed by atoms with Crippen LogP contribution in [0.2, 0.25) is 0 Å². The summed E-state index contributed by atoms with van der Waals surface area (Å²) < 4.78 is 28.0. The quantitative estimate of drug-likeness (QED) is 0.754. The lowest BCUT2D eigenvalue weighted by molar-refractivity contribution is 0.121. The molecule has 1 aliphatic rings. The van der Waals surface area contributed by atoms with Crippen molar-refractivity contribution in [2.24, 2.45) is 4.99 Å². The summed E-state index contributed by atoms with van der Waals surface area (Å²) in [5, 5.41) is 4.21. The molecule has 1 unspecified atom stereocenters. The van der Waals surface area contributed by atoms with E-state index in [0.717, 1.165) is 11.3 Å². The van der Waals surface area contributed by atoms with E-state index >= 15 is 0 Å². The molecule has 3 aromatic rings. The molecule has 0 saturated heterocycles. The summed E-state index contributed by atoms with van der Waals surface area (Å²) in [6, 6.07) is 5.51. The van der Waals surface area contributed by atoms with Crippen molar-refractivity contribution in [1.82, 2.24) is 19.6 Å². The van der Waals surface area contributed by atoms with Crippen molar-refractivity contribution in [3.05, 3.63) is 42.4 Å². The van der Waals surface area contributed by atoms with E-state index in [2.05, 4.69) is 21.7 Å². The molecule has 0 aliphatic carbocycles. The number of hydrogen-bond acceptors (Lipinski definition) is 5. The van der Waals surface area contributed by atoms with Gasteiger partial charge in [-0.15, -0.1) is 5.10 Å². The molecule has 0 bridgehead atoms. The van der Waals surface area contributed by atoms with Gasteiger partial charge in [-0.05, 0) is 38.1 Å². The van der Waals surface area contributed by atoms with Crippen molar-refractivity contribution in [3.8, 4) is 11.3 Å². The Kier molecular flexibility index (Phi) is 3.80. The highest BCUT2D eigenvalue weighted by atomic mass is 19.3. The number of nitrogen functional groups attached to an aromatic ring is 1. The summed E-state index contributed by atoms with van der Waals surface area (Å²) in [7, 11) is 0. The summed E-state index contributed by atoms with van der Waals surface area (Å²) in [5.74, 6) is 0.142. The number of anilines is 1. The molecule has 0 amide bonds. The average Bonchev–Trinajstić information content (AvgIpc) is 3.09. The molecule has 1 aliphatic heterocycles. The maximum atomic E-state index is 13.2. The number of hydrogen-bond donors (Lipinski definition) is 1. The van der Waals surface area contributed by atoms with Gasteiger partial charge in [0, 0.05) is 17.7 Å². The zero-order chi connectivity index (χ0) is 19.3. The third-order valence-electron chi connectivity index (χ3n) is 5.09. The fraction of sp³-hybridized carbons (Fsp3) is 0.263. The third-order valence-corrected chi connectivity index (χ3v) is 5.09. The number of rotatable bonds is 4. The molecular formula is C19H18F2N6. The van der Waals surface area contributed by atoms with Crippen LogP contribution in [0.25, 0.3) is 22.9 Å². The van der Waals surface area contributed by atoms with Crippen molar-refractivity contribution in [1.29, 1.82) is 0 Å². The third kappa shape index (κ3) is 2.59. The lowest BCUT2D eigenvalue weighted by Gasteiger charge is -2.24. The largest absolute Gasteiger partial charge is 0.367 e. The number of halogens is 2. The molecule has 4 rings (SSSR count). The molecular weight excluding hydrogens is 350 g/mol. The molecule has 1 atom stereocenters. The Morgan fingerprint density at radius 3 is 2.85 bits per heavy atom. The zero-order valence-corrected chi connectivity index (χ0v) is 14.9. The molecule has 3 aromatic heterocycles. The van der Waals surface area contributed by atoms with Crippen LogP contribution in [0, 0.1) is 0 Å². The number of aliphatic imine (C=N–C) groups is 1. The Bertz CT molecular complexity index is 1100. The predicted molar refractivity (Wildman–Crippen MR) is 101 cm³/mol. The van der Waals surface area contributed by atoms with E-state index in [9.17, 15) is 8.78 Å². The van der Waals surface area contributed by atoms with Crippen molar-refractivity contribution in [2.45, 2.75) is 32.1 Å². The smallest absolute Gasteiger partial charge is 0.239 e. The van der Waals surface area contributed by atoms with Gasteiger partial charge in [-0.2, -0.15) is 0 Å². The summed E-state index contributed by atoms with van der Waals surface area (Å²) in [5.41, 5.74) is 9.49. The van der Waals surface area contributed by atoms with Gasteiger partial charge in [0.2, 0.25) is 12.4 Å². The first-order valence-corrected chi connectivity index (χ1v) is 8.46. The molecule has 4 heterocycles. The highest BCUT2D eigenvalue weighted by Crippen LogP contribution is 2.43. The van der Waals surface area contributed by atoms with Gasteiger partial charge in [-0.3, -0.25) is 4.99 Å². The molecule has 0 radical (unpaired) electrons. The van der Waals surface area contributed by atoms with Crippen LogP contribution >= 0.6 is 0 Å². The first kappa shape index (κ1) is 17.3. The van der Waals surface area contributed by atoms with Crippen LogP contribution in [-0.4, -0.2) is 31.7 Å². The van der Waals surface area contributed by atoms with Crippen molar-refractivity contribution >= 4 is 28.9 Å². The van der Waals surface area contributed by atoms with Crippen molar-refractivity contribution < 1.29 is 8.78 Å². The second-order valence-electron chi connectivity index (χ2n) is 6.79. The Morgan fingerprint density at radius 1 is 1.37 bits per heavy atom. The second kappa shape index (κ2) is 5.94. The highest BCUT2D eigenvalue weighted by Gasteiger charge is 2.41. The van der Waals surface area contributed by atoms with Gasteiger partial charge in [0.25, 0.3) is 0 Å². The van der Waals surface area contributed by atoms with Gasteiger partial charge in [0.1, 0.15) is 0 Å². The van der Waals surface area contributed by atoms with Gasteiger partial charge < -0.3 is 5.73 Å². The zero-order valence-electron chi connectivity index (χ0n) is 14.9. The molecule has 0 aromatic carbocycles. The molecule has 6 nitrogen and oxygen atoms in total. The van der Waals surface area contributed by atoms with Crippen LogP contribution in [0.4, 0.5) is 20.4 Å². The topological polar surface area (TPSA) is 81.5 Å². The van der Waals surface area contributed by atoms with E-state index in [1.165, 1.54) is 0 Å². The van der Waals surface area contributed by atoms with Gasteiger partial charge in [0.15, 0.2) is 0 Å². The van der Waals surface area contributed by atoms with Crippen molar-refractivity contribution in [3.63, 3.8) is 0 Å². The Morgan fingerprint density at radius 2 is 2.15 bits per heavy atom. The van der Waals surface area contributed by atoms with Gasteiger partial charge in [0.05, 0.1) is 39.9 Å². The molecule has 0 fully saturated rings. The fourth-order valence-electron chi connectivity index (χ4n) is 3.50. The molecule has 138 valence electrons. The number of nitrogens with two attached hydrogens (primary N) is 1. The minimum Gasteiger partial charge on any atom is -0.367 e. The lowest BCUT2D eigenvalue weighted by Crippen LogP contribution is -2.31. The normalized spacial score (nSPS) is 18.8. The van der Waals surface area contributed by atoms with Crippen molar-refractivity contribution in [2.75, 3.05) is 5.73 Å². The van der Waals surface area contributed by atoms with Gasteiger partial charge in [-0.25, -0.2) is 23.3 Å². The molecule has 0 saturated carbocycles. The van der Waals surface area contributed by atoms with Crippen LogP contribution in [0.5, 0.6) is 0 Å². The lowest BCUT2D eigenvalue weighted by atomic mass is 9.80. The van der Waals surface area contributed by atoms with E-state index in [-0.39, 0.29) is 12.4 Å². The number of nitrogens with zero attached hydrogens (tertiary/aromatic N) is 5. The van der Waals surface area contributed by atoms with Crippen LogP contribution in [-0.2, 0) is 5.41 Å². The summed E-state index contributed by atoms with van der Waals surface area (Å²) in [4.78, 5) is 13.2. The van der Waals surface area contributed by atoms with E-state index in [1.54, 1.807) is 30.6 Å². The fourth-order valence-corrected chi connectivity index (χ4v) is 3.50. The van der Waals surface area contributed by atoms with Crippen LogP contribution in [0.1, 0.15) is 31.7 Å². The van der Waals surface area contributed by atoms with E-state index < -0.39 is 11.8 Å². The highest BCUT2D eigenvalue weighted by molar-refractivity contribution is 5.99. The minimum absolute atomic E-state index is 0.142. The standard InChI is InChI=1S/C19H18F2N6/c1-4-11-7-12(15-9-23-18(22)26-27(11)15)13-5-6-14-17(25-13)19(3,8-16(20)21)10(2)24-14/h4-7,9,16H,1,8H2,2-3H3,(H2,22,26). The monoisotopic (exact) mass is 368 g/mol. The Balaban J connectivity index is 1.90. The Labute approximate surface area is 154 Å². The van der Waals surface area contributed by atoms with Crippen LogP contribution in [0.15, 0.2) is 36.0 Å². The van der Waals surface area contributed by atoms with Crippen LogP contribution in [0.3, 0.4) is 0 Å². The number of fused-ring (bicyclic) bond motifs is 2. The van der Waals surface area contributed by atoms with E-state index in [1.807, 2.05) is 18.2 Å². The molecule has 2 N–H and O–H groups in total. The predicted octanol–water partition coefficient (Wildman–Crippen LogP) is 4.04. The maximum absolute atomic E-state index is 13.2. The first-order chi connectivity index (χ1) is 12.8.